The Balaban J connectivity index is 1.88. The lowest BCUT2D eigenvalue weighted by Crippen LogP contribution is -2.45. The van der Waals surface area contributed by atoms with E-state index in [-0.39, 0.29) is 25.0 Å². The summed E-state index contributed by atoms with van der Waals surface area (Å²) in [5.74, 6) is -0.0803. The van der Waals surface area contributed by atoms with Crippen molar-refractivity contribution in [3.05, 3.63) is 35.4 Å². The minimum atomic E-state index is -0.410. The maximum absolute atomic E-state index is 12.2. The number of rotatable bonds is 7. The Morgan fingerprint density at radius 2 is 2.04 bits per heavy atom. The number of primary amides is 1. The Kier molecular flexibility index (Phi) is 6.16. The Labute approximate surface area is 138 Å². The van der Waals surface area contributed by atoms with Gasteiger partial charge in [0.15, 0.2) is 0 Å². The Hall–Kier alpha value is -1.88. The van der Waals surface area contributed by atoms with Crippen LogP contribution in [0.15, 0.2) is 24.3 Å². The average molecular weight is 317 g/mol. The van der Waals surface area contributed by atoms with Gasteiger partial charge in [0.2, 0.25) is 11.8 Å². The van der Waals surface area contributed by atoms with Crippen LogP contribution in [0.3, 0.4) is 0 Å². The zero-order valence-electron chi connectivity index (χ0n) is 14.0. The summed E-state index contributed by atoms with van der Waals surface area (Å²) >= 11 is 0. The molecule has 23 heavy (non-hydrogen) atoms. The van der Waals surface area contributed by atoms with Crippen LogP contribution in [0, 0.1) is 0 Å². The molecule has 1 aliphatic rings. The molecule has 1 aromatic rings. The quantitative estimate of drug-likeness (QED) is 0.798. The van der Waals surface area contributed by atoms with Gasteiger partial charge < -0.3 is 11.1 Å². The van der Waals surface area contributed by atoms with E-state index in [0.29, 0.717) is 12.5 Å². The fourth-order valence-electron chi connectivity index (χ4n) is 3.17. The van der Waals surface area contributed by atoms with Gasteiger partial charge in [-0.2, -0.15) is 0 Å². The predicted molar refractivity (Wildman–Crippen MR) is 91.0 cm³/mol. The van der Waals surface area contributed by atoms with Crippen molar-refractivity contribution in [2.45, 2.75) is 45.1 Å². The van der Waals surface area contributed by atoms with Crippen LogP contribution in [0.5, 0.6) is 0 Å². The molecule has 0 bridgehead atoms. The smallest absolute Gasteiger partial charge is 0.234 e. The van der Waals surface area contributed by atoms with E-state index >= 15 is 0 Å². The van der Waals surface area contributed by atoms with Crippen LogP contribution in [0.25, 0.3) is 0 Å². The van der Waals surface area contributed by atoms with Gasteiger partial charge in [-0.3, -0.25) is 14.5 Å². The van der Waals surface area contributed by atoms with Gasteiger partial charge in [0.1, 0.15) is 0 Å². The lowest BCUT2D eigenvalue weighted by molar-refractivity contribution is -0.124. The van der Waals surface area contributed by atoms with Gasteiger partial charge in [-0.15, -0.1) is 0 Å². The van der Waals surface area contributed by atoms with Crippen molar-refractivity contribution in [2.24, 2.45) is 5.73 Å². The molecule has 0 aliphatic heterocycles. The summed E-state index contributed by atoms with van der Waals surface area (Å²) in [5, 5.41) is 3.02. The highest BCUT2D eigenvalue weighted by atomic mass is 16.2. The first-order chi connectivity index (χ1) is 11.0. The summed E-state index contributed by atoms with van der Waals surface area (Å²) in [4.78, 5) is 25.1. The largest absolute Gasteiger partial charge is 0.369 e. The number of hydrogen-bond acceptors (Lipinski definition) is 3. The standard InChI is InChI=1S/C18H27N3O2/c1-13(2)21(11-17(19)22)12-18(23)20-10-15-8-5-7-14-6-3-4-9-16(14)15/h3-4,6,9,13,15H,5,7-8,10-12H2,1-2H3,(H2,19,22)(H,20,23). The molecule has 2 amide bonds. The molecule has 0 saturated heterocycles. The summed E-state index contributed by atoms with van der Waals surface area (Å²) in [6, 6.07) is 8.58. The van der Waals surface area contributed by atoms with Crippen LogP contribution in [-0.2, 0) is 16.0 Å². The maximum Gasteiger partial charge on any atom is 0.234 e. The van der Waals surface area contributed by atoms with Crippen molar-refractivity contribution in [1.29, 1.82) is 0 Å². The van der Waals surface area contributed by atoms with Gasteiger partial charge in [-0.25, -0.2) is 0 Å². The molecule has 0 aromatic heterocycles. The van der Waals surface area contributed by atoms with Gasteiger partial charge in [0.25, 0.3) is 0 Å². The highest BCUT2D eigenvalue weighted by Gasteiger charge is 2.21. The number of fused-ring (bicyclic) bond motifs is 1. The first kappa shape index (κ1) is 17.5. The molecule has 5 nitrogen and oxygen atoms in total. The van der Waals surface area contributed by atoms with Crippen molar-refractivity contribution in [3.63, 3.8) is 0 Å². The summed E-state index contributed by atoms with van der Waals surface area (Å²) in [7, 11) is 0. The lowest BCUT2D eigenvalue weighted by atomic mass is 9.83. The molecular weight excluding hydrogens is 290 g/mol. The highest BCUT2D eigenvalue weighted by molar-refractivity contribution is 5.80. The first-order valence-electron chi connectivity index (χ1n) is 8.34. The van der Waals surface area contributed by atoms with Crippen molar-refractivity contribution in [3.8, 4) is 0 Å². The third-order valence-corrected chi connectivity index (χ3v) is 4.48. The Morgan fingerprint density at radius 1 is 1.30 bits per heavy atom. The minimum absolute atomic E-state index is 0.0528. The fourth-order valence-corrected chi connectivity index (χ4v) is 3.17. The van der Waals surface area contributed by atoms with Gasteiger partial charge in [0, 0.05) is 18.5 Å². The SMILES string of the molecule is CC(C)N(CC(N)=O)CC(=O)NCC1CCCc2ccccc21. The number of nitrogens with zero attached hydrogens (tertiary/aromatic N) is 1. The monoisotopic (exact) mass is 317 g/mol. The number of amides is 2. The second-order valence-electron chi connectivity index (χ2n) is 6.56. The van der Waals surface area contributed by atoms with E-state index in [1.54, 1.807) is 4.90 Å². The number of carbonyl (C=O) groups excluding carboxylic acids is 2. The zero-order valence-corrected chi connectivity index (χ0v) is 14.0. The number of carbonyl (C=O) groups is 2. The van der Waals surface area contributed by atoms with Crippen molar-refractivity contribution >= 4 is 11.8 Å². The number of nitrogens with two attached hydrogens (primary N) is 1. The van der Waals surface area contributed by atoms with Crippen LogP contribution in [-0.4, -0.2) is 42.4 Å². The number of nitrogens with one attached hydrogen (secondary N) is 1. The van der Waals surface area contributed by atoms with Gasteiger partial charge in [0.05, 0.1) is 13.1 Å². The number of hydrogen-bond donors (Lipinski definition) is 2. The summed E-state index contributed by atoms with van der Waals surface area (Å²) < 4.78 is 0. The highest BCUT2D eigenvalue weighted by Crippen LogP contribution is 2.30. The summed E-state index contributed by atoms with van der Waals surface area (Å²) in [6.07, 6.45) is 3.39. The number of aryl methyl sites for hydroxylation is 1. The molecule has 0 heterocycles. The molecule has 1 aliphatic carbocycles. The Bertz CT molecular complexity index is 557. The lowest BCUT2D eigenvalue weighted by Gasteiger charge is -2.27. The van der Waals surface area contributed by atoms with Gasteiger partial charge >= 0.3 is 0 Å². The third-order valence-electron chi connectivity index (χ3n) is 4.48. The Morgan fingerprint density at radius 3 is 2.74 bits per heavy atom. The topological polar surface area (TPSA) is 75.4 Å². The number of benzene rings is 1. The van der Waals surface area contributed by atoms with Crippen LogP contribution in [0.1, 0.15) is 43.7 Å². The second-order valence-corrected chi connectivity index (χ2v) is 6.56. The van der Waals surface area contributed by atoms with Crippen molar-refractivity contribution in [2.75, 3.05) is 19.6 Å². The first-order valence-corrected chi connectivity index (χ1v) is 8.34. The second kappa shape index (κ2) is 8.11. The van der Waals surface area contributed by atoms with Crippen LogP contribution < -0.4 is 11.1 Å². The molecule has 1 aromatic carbocycles. The third kappa shape index (κ3) is 5.06. The molecule has 0 fully saturated rings. The van der Waals surface area contributed by atoms with E-state index < -0.39 is 5.91 Å². The van der Waals surface area contributed by atoms with Gasteiger partial charge in [-0.1, -0.05) is 24.3 Å². The van der Waals surface area contributed by atoms with Crippen LogP contribution in [0.2, 0.25) is 0 Å². The molecule has 1 unspecified atom stereocenters. The van der Waals surface area contributed by atoms with E-state index in [1.807, 2.05) is 13.8 Å². The van der Waals surface area contributed by atoms with Crippen LogP contribution in [0.4, 0.5) is 0 Å². The van der Waals surface area contributed by atoms with E-state index in [1.165, 1.54) is 11.1 Å². The normalized spacial score (nSPS) is 17.1. The van der Waals surface area contributed by atoms with Crippen molar-refractivity contribution in [1.82, 2.24) is 10.2 Å². The molecule has 0 saturated carbocycles. The fraction of sp³-hybridized carbons (Fsp3) is 0.556. The maximum atomic E-state index is 12.2. The molecule has 126 valence electrons. The summed E-state index contributed by atoms with van der Waals surface area (Å²) in [6.45, 7) is 4.87. The van der Waals surface area contributed by atoms with E-state index in [4.69, 9.17) is 5.73 Å². The molecule has 3 N–H and O–H groups in total. The van der Waals surface area contributed by atoms with E-state index in [0.717, 1.165) is 19.3 Å². The minimum Gasteiger partial charge on any atom is -0.369 e. The van der Waals surface area contributed by atoms with E-state index in [9.17, 15) is 9.59 Å². The molecule has 5 heteroatoms. The molecular formula is C18H27N3O2. The summed E-state index contributed by atoms with van der Waals surface area (Å²) in [5.41, 5.74) is 8.00. The molecule has 0 spiro atoms. The molecule has 2 rings (SSSR count). The predicted octanol–water partition coefficient (Wildman–Crippen LogP) is 1.42. The van der Waals surface area contributed by atoms with E-state index in [2.05, 4.69) is 29.6 Å². The zero-order chi connectivity index (χ0) is 16.8. The van der Waals surface area contributed by atoms with Gasteiger partial charge in [-0.05, 0) is 44.2 Å². The molecule has 1 atom stereocenters. The molecule has 0 radical (unpaired) electrons. The van der Waals surface area contributed by atoms with Crippen LogP contribution >= 0.6 is 0 Å². The van der Waals surface area contributed by atoms with Crippen molar-refractivity contribution < 1.29 is 9.59 Å². The average Bonchev–Trinajstić information content (AvgIpc) is 2.51.